The van der Waals surface area contributed by atoms with Crippen LogP contribution in [0, 0.1) is 0 Å². The van der Waals surface area contributed by atoms with Crippen molar-refractivity contribution < 1.29 is 4.74 Å². The summed E-state index contributed by atoms with van der Waals surface area (Å²) < 4.78 is 5.91. The first-order valence-electron chi connectivity index (χ1n) is 7.98. The summed E-state index contributed by atoms with van der Waals surface area (Å²) in [7, 11) is 0. The number of benzene rings is 1. The minimum absolute atomic E-state index is 0.540. The van der Waals surface area contributed by atoms with Crippen molar-refractivity contribution in [1.29, 1.82) is 0 Å². The lowest BCUT2D eigenvalue weighted by atomic mass is 10.1. The van der Waals surface area contributed by atoms with E-state index in [4.69, 9.17) is 10.5 Å². The van der Waals surface area contributed by atoms with Crippen molar-refractivity contribution >= 4 is 5.82 Å². The molecule has 2 aromatic rings. The van der Waals surface area contributed by atoms with Gasteiger partial charge in [-0.05, 0) is 55.8 Å². The molecular formula is C18H23N3O. The molecule has 1 fully saturated rings. The van der Waals surface area contributed by atoms with Crippen molar-refractivity contribution in [1.82, 2.24) is 9.88 Å². The van der Waals surface area contributed by atoms with Crippen LogP contribution in [-0.4, -0.2) is 36.1 Å². The highest BCUT2D eigenvalue weighted by atomic mass is 16.5. The van der Waals surface area contributed by atoms with Crippen LogP contribution in [0.5, 0.6) is 5.75 Å². The summed E-state index contributed by atoms with van der Waals surface area (Å²) in [6, 6.07) is 11.9. The fraction of sp³-hybridized carbons (Fsp3) is 0.389. The maximum Gasteiger partial charge on any atom is 0.123 e. The van der Waals surface area contributed by atoms with Crippen molar-refractivity contribution in [3.05, 3.63) is 42.6 Å². The molecule has 0 saturated carbocycles. The Labute approximate surface area is 131 Å². The van der Waals surface area contributed by atoms with E-state index in [1.807, 2.05) is 24.3 Å². The van der Waals surface area contributed by atoms with E-state index in [1.54, 1.807) is 6.20 Å². The summed E-state index contributed by atoms with van der Waals surface area (Å²) in [6.07, 6.45) is 5.80. The maximum absolute atomic E-state index is 5.91. The number of piperidine rings is 1. The molecule has 116 valence electrons. The molecular weight excluding hydrogens is 274 g/mol. The molecule has 2 N–H and O–H groups in total. The molecule has 22 heavy (non-hydrogen) atoms. The average Bonchev–Trinajstić information content (AvgIpc) is 2.57. The van der Waals surface area contributed by atoms with Gasteiger partial charge in [0.15, 0.2) is 0 Å². The maximum atomic E-state index is 5.91. The van der Waals surface area contributed by atoms with E-state index in [9.17, 15) is 0 Å². The zero-order valence-corrected chi connectivity index (χ0v) is 12.9. The minimum Gasteiger partial charge on any atom is -0.492 e. The smallest absolute Gasteiger partial charge is 0.123 e. The molecule has 0 radical (unpaired) electrons. The lowest BCUT2D eigenvalue weighted by Gasteiger charge is -2.26. The normalized spacial score (nSPS) is 15.6. The number of anilines is 1. The van der Waals surface area contributed by atoms with Gasteiger partial charge in [0.25, 0.3) is 0 Å². The van der Waals surface area contributed by atoms with Crippen molar-refractivity contribution in [2.24, 2.45) is 0 Å². The number of pyridine rings is 1. The van der Waals surface area contributed by atoms with E-state index in [0.29, 0.717) is 5.82 Å². The van der Waals surface area contributed by atoms with Crippen molar-refractivity contribution in [3.8, 4) is 16.9 Å². The molecule has 0 unspecified atom stereocenters. The standard InChI is InChI=1S/C18H23N3O/c19-18-8-7-16(14-20-18)15-5-4-6-17(13-15)22-12-11-21-9-2-1-3-10-21/h4-8,13-14H,1-3,9-12H2,(H2,19,20). The van der Waals surface area contributed by atoms with Gasteiger partial charge in [-0.25, -0.2) is 4.98 Å². The molecule has 3 rings (SSSR count). The number of likely N-dealkylation sites (tertiary alicyclic amines) is 1. The first-order valence-corrected chi connectivity index (χ1v) is 7.98. The summed E-state index contributed by atoms with van der Waals surface area (Å²) in [5.74, 6) is 1.45. The second kappa shape index (κ2) is 7.27. The first-order chi connectivity index (χ1) is 10.8. The molecule has 0 amide bonds. The zero-order chi connectivity index (χ0) is 15.2. The molecule has 0 spiro atoms. The third kappa shape index (κ3) is 3.98. The summed E-state index contributed by atoms with van der Waals surface area (Å²) in [5, 5.41) is 0. The van der Waals surface area contributed by atoms with E-state index < -0.39 is 0 Å². The minimum atomic E-state index is 0.540. The molecule has 2 heterocycles. The van der Waals surface area contributed by atoms with Crippen molar-refractivity contribution in [2.45, 2.75) is 19.3 Å². The summed E-state index contributed by atoms with van der Waals surface area (Å²) in [4.78, 5) is 6.62. The number of rotatable bonds is 5. The highest BCUT2D eigenvalue weighted by Gasteiger charge is 2.09. The van der Waals surface area contributed by atoms with Crippen LogP contribution in [0.2, 0.25) is 0 Å². The number of hydrogen-bond acceptors (Lipinski definition) is 4. The van der Waals surface area contributed by atoms with Gasteiger partial charge in [0.2, 0.25) is 0 Å². The first kappa shape index (κ1) is 14.9. The molecule has 0 bridgehead atoms. The van der Waals surface area contributed by atoms with Crippen LogP contribution in [-0.2, 0) is 0 Å². The molecule has 4 nitrogen and oxygen atoms in total. The summed E-state index contributed by atoms with van der Waals surface area (Å²) in [5.41, 5.74) is 7.78. The van der Waals surface area contributed by atoms with Crippen molar-refractivity contribution in [3.63, 3.8) is 0 Å². The Morgan fingerprint density at radius 3 is 2.68 bits per heavy atom. The number of ether oxygens (including phenoxy) is 1. The topological polar surface area (TPSA) is 51.4 Å². The van der Waals surface area contributed by atoms with Crippen LogP contribution in [0.1, 0.15) is 19.3 Å². The Kier molecular flexibility index (Phi) is 4.91. The Bertz CT molecular complexity index is 592. The van der Waals surface area contributed by atoms with Crippen molar-refractivity contribution in [2.75, 3.05) is 32.0 Å². The second-order valence-corrected chi connectivity index (χ2v) is 5.75. The lowest BCUT2D eigenvalue weighted by Crippen LogP contribution is -2.33. The Hall–Kier alpha value is -2.07. The molecule has 1 aliphatic rings. The number of aromatic nitrogens is 1. The quantitative estimate of drug-likeness (QED) is 0.921. The van der Waals surface area contributed by atoms with Gasteiger partial charge in [0.05, 0.1) is 0 Å². The Morgan fingerprint density at radius 2 is 1.91 bits per heavy atom. The van der Waals surface area contributed by atoms with Gasteiger partial charge in [-0.2, -0.15) is 0 Å². The Balaban J connectivity index is 1.57. The van der Waals surface area contributed by atoms with E-state index in [2.05, 4.69) is 22.0 Å². The van der Waals surface area contributed by atoms with E-state index in [1.165, 1.54) is 32.4 Å². The van der Waals surface area contributed by atoms with E-state index >= 15 is 0 Å². The molecule has 0 atom stereocenters. The molecule has 1 aromatic heterocycles. The van der Waals surface area contributed by atoms with Crippen LogP contribution < -0.4 is 10.5 Å². The third-order valence-corrected chi connectivity index (χ3v) is 4.08. The largest absolute Gasteiger partial charge is 0.492 e. The molecule has 1 saturated heterocycles. The predicted molar refractivity (Wildman–Crippen MR) is 89.9 cm³/mol. The van der Waals surface area contributed by atoms with Gasteiger partial charge in [-0.1, -0.05) is 18.6 Å². The SMILES string of the molecule is Nc1ccc(-c2cccc(OCCN3CCCCC3)c2)cn1. The molecule has 0 aliphatic carbocycles. The summed E-state index contributed by atoms with van der Waals surface area (Å²) in [6.45, 7) is 4.16. The van der Waals surface area contributed by atoms with Gasteiger partial charge in [-0.15, -0.1) is 0 Å². The van der Waals surface area contributed by atoms with Crippen LogP contribution in [0.4, 0.5) is 5.82 Å². The summed E-state index contributed by atoms with van der Waals surface area (Å²) >= 11 is 0. The molecule has 1 aromatic carbocycles. The van der Waals surface area contributed by atoms with Crippen LogP contribution in [0.3, 0.4) is 0 Å². The fourth-order valence-corrected chi connectivity index (χ4v) is 2.82. The lowest BCUT2D eigenvalue weighted by molar-refractivity contribution is 0.183. The third-order valence-electron chi connectivity index (χ3n) is 4.08. The highest BCUT2D eigenvalue weighted by Crippen LogP contribution is 2.23. The van der Waals surface area contributed by atoms with Gasteiger partial charge in [0, 0.05) is 18.3 Å². The molecule has 1 aliphatic heterocycles. The number of nitrogen functional groups attached to an aromatic ring is 1. The van der Waals surface area contributed by atoms with Crippen LogP contribution in [0.25, 0.3) is 11.1 Å². The van der Waals surface area contributed by atoms with E-state index in [-0.39, 0.29) is 0 Å². The second-order valence-electron chi connectivity index (χ2n) is 5.75. The zero-order valence-electron chi connectivity index (χ0n) is 12.9. The highest BCUT2D eigenvalue weighted by molar-refractivity contribution is 5.65. The van der Waals surface area contributed by atoms with Gasteiger partial charge < -0.3 is 10.5 Å². The fourth-order valence-electron chi connectivity index (χ4n) is 2.82. The van der Waals surface area contributed by atoms with Gasteiger partial charge in [-0.3, -0.25) is 4.90 Å². The van der Waals surface area contributed by atoms with Crippen LogP contribution >= 0.6 is 0 Å². The van der Waals surface area contributed by atoms with Gasteiger partial charge >= 0.3 is 0 Å². The van der Waals surface area contributed by atoms with Crippen LogP contribution in [0.15, 0.2) is 42.6 Å². The van der Waals surface area contributed by atoms with E-state index in [0.717, 1.165) is 30.0 Å². The number of hydrogen-bond donors (Lipinski definition) is 1. The van der Waals surface area contributed by atoms with Gasteiger partial charge in [0.1, 0.15) is 18.2 Å². The monoisotopic (exact) mass is 297 g/mol. The number of nitrogens with two attached hydrogens (primary N) is 1. The molecule has 4 heteroatoms. The predicted octanol–water partition coefficient (Wildman–Crippen LogP) is 3.20. The Morgan fingerprint density at radius 1 is 1.05 bits per heavy atom. The number of nitrogens with zero attached hydrogens (tertiary/aromatic N) is 2. The average molecular weight is 297 g/mol.